The first-order chi connectivity index (χ1) is 26.9. The standard InChI is InChI=1S/C45H49N3O8/c1-44-15-13-31(49)18-29(44)8-10-32-36-11-12-37(45(36,2)20-38(50)40(32)44)39(51)24-56-43(54)34-19-33(34)42(53)55-23-25-3-5-26(6-4-25)35(21-46)41(52)48-30-9-7-28-22-47-16-14-27(28)17-30/h3-7,9,13-18,22,32-38,40,50H,8,10-12,19-21,23-24,46H2,1-2H3,(H,48,52)/t32-,33?,34?,35?,36?,37+,38-,40?,44-,45-/m0/s1. The molecule has 1 heterocycles. The number of ether oxygens (including phenoxy) is 2. The number of nitrogens with zero attached hydrogens (tertiary/aromatic N) is 1. The average molecular weight is 760 g/mol. The van der Waals surface area contributed by atoms with Crippen molar-refractivity contribution in [2.45, 2.75) is 71.0 Å². The molecule has 4 fully saturated rings. The molecule has 0 aliphatic heterocycles. The number of aliphatic hydroxyl groups excluding tert-OH is 1. The Balaban J connectivity index is 0.800. The number of amides is 1. The monoisotopic (exact) mass is 759 g/mol. The smallest absolute Gasteiger partial charge is 0.310 e. The topological polar surface area (TPSA) is 175 Å². The number of carbonyl (C=O) groups excluding carboxylic acids is 5. The molecule has 2 aromatic carbocycles. The average Bonchev–Trinajstić information content (AvgIpc) is 3.92. The number of aromatic nitrogens is 1. The molecular weight excluding hydrogens is 711 g/mol. The van der Waals surface area contributed by atoms with Gasteiger partial charge in [-0.2, -0.15) is 0 Å². The molecule has 5 aliphatic rings. The molecule has 3 aromatic rings. The number of esters is 2. The second-order valence-electron chi connectivity index (χ2n) is 17.0. The van der Waals surface area contributed by atoms with E-state index in [2.05, 4.69) is 24.1 Å². The van der Waals surface area contributed by atoms with Gasteiger partial charge >= 0.3 is 11.9 Å². The molecule has 0 radical (unpaired) electrons. The number of anilines is 1. The molecule has 11 heteroatoms. The van der Waals surface area contributed by atoms with Crippen LogP contribution in [-0.4, -0.2) is 58.8 Å². The molecule has 0 bridgehead atoms. The number of nitrogens with one attached hydrogen (secondary N) is 1. The van der Waals surface area contributed by atoms with Gasteiger partial charge in [0.25, 0.3) is 0 Å². The van der Waals surface area contributed by atoms with Crippen LogP contribution in [0.3, 0.4) is 0 Å². The second-order valence-corrected chi connectivity index (χ2v) is 17.0. The third-order valence-electron chi connectivity index (χ3n) is 13.9. The first-order valence-electron chi connectivity index (χ1n) is 19.8. The summed E-state index contributed by atoms with van der Waals surface area (Å²) in [6, 6.07) is 14.6. The number of Topliss-reactive ketones (excluding diaryl/α,β-unsaturated/α-hetero) is 1. The van der Waals surface area contributed by atoms with E-state index in [1.165, 1.54) is 0 Å². The summed E-state index contributed by atoms with van der Waals surface area (Å²) in [5, 5.41) is 16.5. The minimum Gasteiger partial charge on any atom is -0.461 e. The first-order valence-corrected chi connectivity index (χ1v) is 19.8. The summed E-state index contributed by atoms with van der Waals surface area (Å²) in [4.78, 5) is 68.8. The SMILES string of the molecule is C[C@]12C=CC(=O)C=C1CC[C@@H]1C2[C@@H](O)C[C@@]2(C)C1CC[C@@H]2C(=O)COC(=O)C1CC1C(=O)OCc1ccc(C(CN)C(=O)Nc2ccc3cnccc3c2)cc1. The highest BCUT2D eigenvalue weighted by Gasteiger charge is 2.62. The van der Waals surface area contributed by atoms with E-state index in [-0.39, 0.29) is 66.3 Å². The van der Waals surface area contributed by atoms with Crippen LogP contribution in [-0.2, 0) is 40.1 Å². The largest absolute Gasteiger partial charge is 0.461 e. The fourth-order valence-electron chi connectivity index (χ4n) is 10.8. The molecule has 56 heavy (non-hydrogen) atoms. The Morgan fingerprint density at radius 3 is 2.52 bits per heavy atom. The van der Waals surface area contributed by atoms with E-state index >= 15 is 0 Å². The van der Waals surface area contributed by atoms with Crippen molar-refractivity contribution in [2.24, 2.45) is 52.1 Å². The molecule has 292 valence electrons. The van der Waals surface area contributed by atoms with Crippen LogP contribution < -0.4 is 11.1 Å². The van der Waals surface area contributed by atoms with Gasteiger partial charge in [0.15, 0.2) is 11.6 Å². The van der Waals surface area contributed by atoms with E-state index in [4.69, 9.17) is 15.2 Å². The highest BCUT2D eigenvalue weighted by molar-refractivity contribution is 6.01. The van der Waals surface area contributed by atoms with Crippen LogP contribution in [0.4, 0.5) is 5.69 Å². The number of carbonyl (C=O) groups is 5. The van der Waals surface area contributed by atoms with Crippen LogP contribution in [0, 0.1) is 46.3 Å². The molecular formula is C45H49N3O8. The zero-order valence-corrected chi connectivity index (χ0v) is 31.8. The molecule has 5 aliphatic carbocycles. The van der Waals surface area contributed by atoms with Crippen molar-refractivity contribution in [2.75, 3.05) is 18.5 Å². The number of hydrogen-bond acceptors (Lipinski definition) is 10. The summed E-state index contributed by atoms with van der Waals surface area (Å²) in [7, 11) is 0. The Kier molecular flexibility index (Phi) is 10.0. The van der Waals surface area contributed by atoms with E-state index in [1.54, 1.807) is 48.8 Å². The number of fused-ring (bicyclic) bond motifs is 6. The molecule has 1 aromatic heterocycles. The lowest BCUT2D eigenvalue weighted by molar-refractivity contribution is -0.156. The summed E-state index contributed by atoms with van der Waals surface area (Å²) >= 11 is 0. The Morgan fingerprint density at radius 1 is 0.982 bits per heavy atom. The van der Waals surface area contributed by atoms with Crippen molar-refractivity contribution in [3.05, 3.63) is 95.9 Å². The fraction of sp³-hybridized carbons (Fsp3) is 0.467. The highest BCUT2D eigenvalue weighted by Crippen LogP contribution is 2.66. The van der Waals surface area contributed by atoms with E-state index < -0.39 is 41.2 Å². The number of nitrogens with two attached hydrogens (primary N) is 1. The summed E-state index contributed by atoms with van der Waals surface area (Å²) < 4.78 is 11.0. The maximum atomic E-state index is 13.6. The zero-order chi connectivity index (χ0) is 39.4. The van der Waals surface area contributed by atoms with Crippen molar-refractivity contribution in [3.63, 3.8) is 0 Å². The van der Waals surface area contributed by atoms with E-state index in [9.17, 15) is 29.1 Å². The van der Waals surface area contributed by atoms with Crippen molar-refractivity contribution >= 4 is 45.9 Å². The number of rotatable bonds is 11. The number of benzene rings is 2. The first kappa shape index (κ1) is 37.9. The number of aliphatic hydroxyl groups is 1. The lowest BCUT2D eigenvalue weighted by atomic mass is 9.46. The maximum Gasteiger partial charge on any atom is 0.310 e. The quantitative estimate of drug-likeness (QED) is 0.209. The van der Waals surface area contributed by atoms with Crippen LogP contribution in [0.2, 0.25) is 0 Å². The van der Waals surface area contributed by atoms with E-state index in [1.807, 2.05) is 30.3 Å². The van der Waals surface area contributed by atoms with E-state index in [0.29, 0.717) is 24.9 Å². The molecule has 0 saturated heterocycles. The Morgan fingerprint density at radius 2 is 1.75 bits per heavy atom. The van der Waals surface area contributed by atoms with Crippen LogP contribution in [0.1, 0.15) is 69.4 Å². The lowest BCUT2D eigenvalue weighted by Gasteiger charge is -2.58. The fourth-order valence-corrected chi connectivity index (χ4v) is 10.8. The number of allylic oxidation sites excluding steroid dienone is 4. The molecule has 11 nitrogen and oxygen atoms in total. The van der Waals surface area contributed by atoms with Gasteiger partial charge in [0, 0.05) is 47.3 Å². The maximum absolute atomic E-state index is 13.6. The van der Waals surface area contributed by atoms with Crippen LogP contribution in [0.25, 0.3) is 10.8 Å². The second kappa shape index (κ2) is 14.8. The zero-order valence-electron chi connectivity index (χ0n) is 31.8. The molecule has 4 N–H and O–H groups in total. The van der Waals surface area contributed by atoms with Gasteiger partial charge in [-0.05, 0) is 103 Å². The minimum absolute atomic E-state index is 0.00149. The Hall–Kier alpha value is -5.00. The third-order valence-corrected chi connectivity index (χ3v) is 13.9. The van der Waals surface area contributed by atoms with Crippen molar-refractivity contribution < 1.29 is 38.6 Å². The van der Waals surface area contributed by atoms with Crippen molar-refractivity contribution in [1.82, 2.24) is 4.98 Å². The molecule has 0 spiro atoms. The van der Waals surface area contributed by atoms with Gasteiger partial charge in [0.05, 0.1) is 23.9 Å². The molecule has 10 atom stereocenters. The van der Waals surface area contributed by atoms with Gasteiger partial charge in [-0.1, -0.05) is 55.8 Å². The van der Waals surface area contributed by atoms with Crippen LogP contribution in [0.5, 0.6) is 0 Å². The van der Waals surface area contributed by atoms with Crippen molar-refractivity contribution in [3.8, 4) is 0 Å². The summed E-state index contributed by atoms with van der Waals surface area (Å²) in [6.45, 7) is 4.00. The number of ketones is 2. The minimum atomic E-state index is -0.648. The lowest BCUT2D eigenvalue weighted by Crippen LogP contribution is -2.56. The van der Waals surface area contributed by atoms with Gasteiger partial charge in [0.2, 0.25) is 5.91 Å². The molecule has 4 saturated carbocycles. The van der Waals surface area contributed by atoms with Crippen molar-refractivity contribution in [1.29, 1.82) is 0 Å². The predicted octanol–water partition coefficient (Wildman–Crippen LogP) is 5.60. The summed E-state index contributed by atoms with van der Waals surface area (Å²) in [5.74, 6) is -3.14. The third kappa shape index (κ3) is 6.89. The molecule has 8 rings (SSSR count). The highest BCUT2D eigenvalue weighted by atomic mass is 16.5. The van der Waals surface area contributed by atoms with E-state index in [0.717, 1.165) is 46.7 Å². The number of pyridine rings is 1. The van der Waals surface area contributed by atoms with Gasteiger partial charge in [0.1, 0.15) is 13.2 Å². The van der Waals surface area contributed by atoms with Gasteiger partial charge in [-0.15, -0.1) is 0 Å². The Labute approximate surface area is 326 Å². The summed E-state index contributed by atoms with van der Waals surface area (Å²) in [5.41, 5.74) is 8.43. The summed E-state index contributed by atoms with van der Waals surface area (Å²) in [6.07, 6.45) is 12.2. The van der Waals surface area contributed by atoms with Gasteiger partial charge in [-0.3, -0.25) is 29.0 Å². The van der Waals surface area contributed by atoms with Crippen LogP contribution >= 0.6 is 0 Å². The molecule has 5 unspecified atom stereocenters. The predicted molar refractivity (Wildman–Crippen MR) is 207 cm³/mol. The Bertz CT molecular complexity index is 2150. The van der Waals surface area contributed by atoms with Gasteiger partial charge < -0.3 is 25.6 Å². The normalized spacial score (nSPS) is 32.0. The number of hydrogen-bond donors (Lipinski definition) is 3. The van der Waals surface area contributed by atoms with Crippen LogP contribution in [0.15, 0.2) is 84.7 Å². The van der Waals surface area contributed by atoms with Gasteiger partial charge in [-0.25, -0.2) is 0 Å². The molecule has 1 amide bonds.